The first-order valence-electron chi connectivity index (χ1n) is 6.06. The minimum atomic E-state index is -0.468. The van der Waals surface area contributed by atoms with Gasteiger partial charge in [0.25, 0.3) is 0 Å². The normalized spacial score (nSPS) is 17.2. The molecule has 0 spiro atoms. The monoisotopic (exact) mass is 235 g/mol. The van der Waals surface area contributed by atoms with Gasteiger partial charge in [0.2, 0.25) is 0 Å². The maximum atomic E-state index is 10.0. The average molecular weight is 235 g/mol. The Kier molecular flexibility index (Phi) is 3.40. The summed E-state index contributed by atoms with van der Waals surface area (Å²) in [5, 5.41) is 10.0. The van der Waals surface area contributed by atoms with Crippen LogP contribution in [0.3, 0.4) is 0 Å². The van der Waals surface area contributed by atoms with Crippen molar-refractivity contribution in [1.29, 1.82) is 0 Å². The predicted octanol–water partition coefficient (Wildman–Crippen LogP) is 1.82. The van der Waals surface area contributed by atoms with Gasteiger partial charge in [0.1, 0.15) is 5.75 Å². The molecular weight excluding hydrogens is 214 g/mol. The number of methoxy groups -OCH3 is 1. The van der Waals surface area contributed by atoms with Crippen LogP contribution in [0, 0.1) is 0 Å². The quantitative estimate of drug-likeness (QED) is 0.845. The topological polar surface area (TPSA) is 32.7 Å². The summed E-state index contributed by atoms with van der Waals surface area (Å²) in [4.78, 5) is 2.12. The van der Waals surface area contributed by atoms with Crippen molar-refractivity contribution < 1.29 is 9.84 Å². The van der Waals surface area contributed by atoms with Crippen LogP contribution in [-0.2, 0) is 13.0 Å². The van der Waals surface area contributed by atoms with E-state index in [1.54, 1.807) is 7.11 Å². The molecule has 1 saturated carbocycles. The minimum Gasteiger partial charge on any atom is -0.496 e. The van der Waals surface area contributed by atoms with Crippen molar-refractivity contribution in [2.45, 2.75) is 31.4 Å². The summed E-state index contributed by atoms with van der Waals surface area (Å²) >= 11 is 0. The summed E-state index contributed by atoms with van der Waals surface area (Å²) in [5.41, 5.74) is 1.83. The molecule has 0 bridgehead atoms. The maximum absolute atomic E-state index is 10.0. The minimum absolute atomic E-state index is 0.468. The zero-order chi connectivity index (χ0) is 12.5. The van der Waals surface area contributed by atoms with Crippen molar-refractivity contribution in [3.8, 4) is 5.75 Å². The molecule has 0 aliphatic heterocycles. The van der Waals surface area contributed by atoms with E-state index in [4.69, 9.17) is 4.74 Å². The second-order valence-corrected chi connectivity index (χ2v) is 5.25. The Morgan fingerprint density at radius 2 is 1.94 bits per heavy atom. The molecule has 1 aliphatic rings. The van der Waals surface area contributed by atoms with E-state index in [1.165, 1.54) is 5.56 Å². The number of hydrogen-bond donors (Lipinski definition) is 1. The molecule has 2 rings (SSSR count). The van der Waals surface area contributed by atoms with Gasteiger partial charge in [-0.05, 0) is 32.5 Å². The summed E-state index contributed by atoms with van der Waals surface area (Å²) < 4.78 is 5.51. The smallest absolute Gasteiger partial charge is 0.126 e. The lowest BCUT2D eigenvalue weighted by Crippen LogP contribution is -2.15. The van der Waals surface area contributed by atoms with Crippen molar-refractivity contribution >= 4 is 0 Å². The fraction of sp³-hybridized carbons (Fsp3) is 0.571. The standard InChI is InChI=1S/C14H21NO2/c1-15(2)10-12-6-4-5-11(13(12)17-3)9-14(16)7-8-14/h4-6,16H,7-10H2,1-3H3. The van der Waals surface area contributed by atoms with Crippen molar-refractivity contribution in [3.63, 3.8) is 0 Å². The van der Waals surface area contributed by atoms with Gasteiger partial charge in [-0.25, -0.2) is 0 Å². The van der Waals surface area contributed by atoms with Crippen LogP contribution in [0.5, 0.6) is 5.75 Å². The van der Waals surface area contributed by atoms with Gasteiger partial charge >= 0.3 is 0 Å². The molecular formula is C14H21NO2. The molecule has 1 N–H and O–H groups in total. The third-order valence-electron chi connectivity index (χ3n) is 3.22. The van der Waals surface area contributed by atoms with Gasteiger partial charge in [-0.3, -0.25) is 0 Å². The second-order valence-electron chi connectivity index (χ2n) is 5.25. The van der Waals surface area contributed by atoms with Crippen LogP contribution in [0.4, 0.5) is 0 Å². The zero-order valence-electron chi connectivity index (χ0n) is 10.9. The molecule has 3 heteroatoms. The van der Waals surface area contributed by atoms with E-state index in [2.05, 4.69) is 11.0 Å². The first-order chi connectivity index (χ1) is 8.04. The molecule has 1 aromatic carbocycles. The lowest BCUT2D eigenvalue weighted by atomic mass is 10.0. The number of nitrogens with zero attached hydrogens (tertiary/aromatic N) is 1. The van der Waals surface area contributed by atoms with Crippen molar-refractivity contribution in [2.24, 2.45) is 0 Å². The SMILES string of the molecule is COc1c(CN(C)C)cccc1CC1(O)CC1. The summed E-state index contributed by atoms with van der Waals surface area (Å²) in [6, 6.07) is 6.18. The molecule has 0 unspecified atom stereocenters. The lowest BCUT2D eigenvalue weighted by Gasteiger charge is -2.18. The lowest BCUT2D eigenvalue weighted by molar-refractivity contribution is 0.150. The molecule has 17 heavy (non-hydrogen) atoms. The van der Waals surface area contributed by atoms with Crippen molar-refractivity contribution in [1.82, 2.24) is 4.90 Å². The summed E-state index contributed by atoms with van der Waals surface area (Å²) in [7, 11) is 5.79. The summed E-state index contributed by atoms with van der Waals surface area (Å²) in [5.74, 6) is 0.932. The van der Waals surface area contributed by atoms with Gasteiger partial charge in [0, 0.05) is 18.5 Å². The molecule has 1 aromatic rings. The number of hydrogen-bond acceptors (Lipinski definition) is 3. The third kappa shape index (κ3) is 2.99. The number of benzene rings is 1. The molecule has 1 aliphatic carbocycles. The highest BCUT2D eigenvalue weighted by molar-refractivity contribution is 5.42. The van der Waals surface area contributed by atoms with Gasteiger partial charge in [-0.1, -0.05) is 18.2 Å². The Bertz CT molecular complexity index is 397. The van der Waals surface area contributed by atoms with E-state index in [1.807, 2.05) is 26.2 Å². The molecule has 0 aromatic heterocycles. The Morgan fingerprint density at radius 3 is 2.47 bits per heavy atom. The Hall–Kier alpha value is -1.06. The van der Waals surface area contributed by atoms with Crippen LogP contribution in [0.25, 0.3) is 0 Å². The third-order valence-corrected chi connectivity index (χ3v) is 3.22. The van der Waals surface area contributed by atoms with Gasteiger partial charge in [0.15, 0.2) is 0 Å². The van der Waals surface area contributed by atoms with E-state index in [0.717, 1.165) is 30.7 Å². The van der Waals surface area contributed by atoms with Gasteiger partial charge in [-0.2, -0.15) is 0 Å². The maximum Gasteiger partial charge on any atom is 0.126 e. The molecule has 0 saturated heterocycles. The first kappa shape index (κ1) is 12.4. The van der Waals surface area contributed by atoms with Gasteiger partial charge in [0.05, 0.1) is 12.7 Å². The van der Waals surface area contributed by atoms with Crippen LogP contribution < -0.4 is 4.74 Å². The van der Waals surface area contributed by atoms with Crippen LogP contribution in [0.2, 0.25) is 0 Å². The van der Waals surface area contributed by atoms with Gasteiger partial charge < -0.3 is 14.7 Å². The molecule has 94 valence electrons. The van der Waals surface area contributed by atoms with Crippen LogP contribution in [0.1, 0.15) is 24.0 Å². The molecule has 3 nitrogen and oxygen atoms in total. The fourth-order valence-electron chi connectivity index (χ4n) is 2.18. The van der Waals surface area contributed by atoms with E-state index in [9.17, 15) is 5.11 Å². The van der Waals surface area contributed by atoms with Crippen molar-refractivity contribution in [2.75, 3.05) is 21.2 Å². The summed E-state index contributed by atoms with van der Waals surface area (Å²) in [6.07, 6.45) is 2.53. The second kappa shape index (κ2) is 4.67. The molecule has 0 atom stereocenters. The highest BCUT2D eigenvalue weighted by Crippen LogP contribution is 2.40. The van der Waals surface area contributed by atoms with Crippen LogP contribution >= 0.6 is 0 Å². The predicted molar refractivity (Wildman–Crippen MR) is 68.3 cm³/mol. The number of ether oxygens (including phenoxy) is 1. The van der Waals surface area contributed by atoms with E-state index < -0.39 is 5.60 Å². The number of aliphatic hydroxyl groups is 1. The fourth-order valence-corrected chi connectivity index (χ4v) is 2.18. The molecule has 0 radical (unpaired) electrons. The van der Waals surface area contributed by atoms with E-state index in [0.29, 0.717) is 6.42 Å². The highest BCUT2D eigenvalue weighted by atomic mass is 16.5. The number of rotatable bonds is 5. The van der Waals surface area contributed by atoms with Crippen LogP contribution in [0.15, 0.2) is 18.2 Å². The molecule has 0 heterocycles. The Morgan fingerprint density at radius 1 is 1.29 bits per heavy atom. The molecule has 0 amide bonds. The zero-order valence-corrected chi connectivity index (χ0v) is 10.9. The van der Waals surface area contributed by atoms with E-state index >= 15 is 0 Å². The van der Waals surface area contributed by atoms with Gasteiger partial charge in [-0.15, -0.1) is 0 Å². The first-order valence-corrected chi connectivity index (χ1v) is 6.06. The van der Waals surface area contributed by atoms with Crippen molar-refractivity contribution in [3.05, 3.63) is 29.3 Å². The number of para-hydroxylation sites is 1. The molecule has 1 fully saturated rings. The average Bonchev–Trinajstić information content (AvgIpc) is 2.95. The highest BCUT2D eigenvalue weighted by Gasteiger charge is 2.40. The van der Waals surface area contributed by atoms with Crippen LogP contribution in [-0.4, -0.2) is 36.8 Å². The Labute approximate surface area is 103 Å². The summed E-state index contributed by atoms with van der Waals surface area (Å²) in [6.45, 7) is 0.857. The Balaban J connectivity index is 2.25. The van der Waals surface area contributed by atoms with E-state index in [-0.39, 0.29) is 0 Å². The largest absolute Gasteiger partial charge is 0.496 e.